The average Bonchev–Trinajstić information content (AvgIpc) is 2.92. The molecule has 7 nitrogen and oxygen atoms in total. The smallest absolute Gasteiger partial charge is 0.244 e. The van der Waals surface area contributed by atoms with Gasteiger partial charge in [0.15, 0.2) is 0 Å². The molecule has 41 heavy (non-hydrogen) atoms. The summed E-state index contributed by atoms with van der Waals surface area (Å²) >= 11 is 18.5. The predicted octanol–water partition coefficient (Wildman–Crippen LogP) is 6.11. The van der Waals surface area contributed by atoms with Gasteiger partial charge in [-0.25, -0.2) is 12.8 Å². The second-order valence-electron chi connectivity index (χ2n) is 9.49. The molecule has 220 valence electrons. The molecule has 1 N–H and O–H groups in total. The number of anilines is 1. The van der Waals surface area contributed by atoms with Gasteiger partial charge in [0.2, 0.25) is 21.8 Å². The molecular formula is C29H31Cl3FN3O4S. The van der Waals surface area contributed by atoms with E-state index in [1.807, 2.05) is 37.3 Å². The fourth-order valence-corrected chi connectivity index (χ4v) is 5.69. The van der Waals surface area contributed by atoms with E-state index in [4.69, 9.17) is 34.8 Å². The molecule has 1 atom stereocenters. The third-order valence-corrected chi connectivity index (χ3v) is 8.46. The van der Waals surface area contributed by atoms with E-state index in [9.17, 15) is 22.4 Å². The third kappa shape index (κ3) is 9.33. The Balaban J connectivity index is 2.07. The largest absolute Gasteiger partial charge is 0.354 e. The van der Waals surface area contributed by atoms with Gasteiger partial charge in [0.1, 0.15) is 18.4 Å². The number of nitrogens with zero attached hydrogens (tertiary/aromatic N) is 2. The third-order valence-electron chi connectivity index (χ3n) is 6.30. The molecule has 0 aliphatic carbocycles. The number of carbonyl (C=O) groups is 2. The first kappa shape index (κ1) is 32.7. The highest BCUT2D eigenvalue weighted by molar-refractivity contribution is 7.92. The second-order valence-corrected chi connectivity index (χ2v) is 12.6. The summed E-state index contributed by atoms with van der Waals surface area (Å²) in [5.74, 6) is -1.52. The second kappa shape index (κ2) is 14.9. The first-order chi connectivity index (χ1) is 19.4. The van der Waals surface area contributed by atoms with Gasteiger partial charge >= 0.3 is 0 Å². The van der Waals surface area contributed by atoms with Crippen LogP contribution < -0.4 is 9.62 Å². The molecule has 0 saturated carbocycles. The van der Waals surface area contributed by atoms with Crippen LogP contribution >= 0.6 is 34.8 Å². The van der Waals surface area contributed by atoms with E-state index in [0.717, 1.165) is 29.0 Å². The van der Waals surface area contributed by atoms with Gasteiger partial charge in [-0.3, -0.25) is 13.9 Å². The molecule has 3 aromatic carbocycles. The molecule has 2 amide bonds. The minimum atomic E-state index is -4.05. The molecule has 0 aliphatic rings. The molecular weight excluding hydrogens is 612 g/mol. The molecule has 1 unspecified atom stereocenters. The Hall–Kier alpha value is -2.85. The number of hydrogen-bond acceptors (Lipinski definition) is 4. The summed E-state index contributed by atoms with van der Waals surface area (Å²) in [5.41, 5.74) is 1.32. The Bertz CT molecular complexity index is 1460. The van der Waals surface area contributed by atoms with Crippen molar-refractivity contribution in [2.24, 2.45) is 0 Å². The molecule has 0 spiro atoms. The number of sulfonamides is 1. The van der Waals surface area contributed by atoms with Crippen LogP contribution in [0, 0.1) is 5.82 Å². The lowest BCUT2D eigenvalue weighted by Crippen LogP contribution is -2.53. The molecule has 0 heterocycles. The Labute approximate surface area is 255 Å². The van der Waals surface area contributed by atoms with E-state index in [1.54, 1.807) is 0 Å². The lowest BCUT2D eigenvalue weighted by atomic mass is 10.0. The fourth-order valence-electron chi connectivity index (χ4n) is 4.14. The highest BCUT2D eigenvalue weighted by Crippen LogP contribution is 2.35. The number of halogens is 4. The molecule has 0 fully saturated rings. The number of rotatable bonds is 13. The standard InChI is InChI=1S/C29H31Cl3FN3O4S/c1-3-4-14-34-29(38)27(15-20-8-6-5-7-9-20)35(18-21-10-12-22(33)13-11-21)28(37)19-36(41(2,39)40)26-17-24(31)23(30)16-25(26)32/h5-13,16-17,27H,3-4,14-15,18-19H2,1-2H3,(H,34,38). The van der Waals surface area contributed by atoms with Crippen molar-refractivity contribution in [2.45, 2.75) is 38.8 Å². The molecule has 0 aromatic heterocycles. The topological polar surface area (TPSA) is 86.8 Å². The molecule has 0 bridgehead atoms. The SMILES string of the molecule is CCCCNC(=O)C(Cc1ccccc1)N(Cc1ccc(F)cc1)C(=O)CN(c1cc(Cl)c(Cl)cc1Cl)S(C)(=O)=O. The van der Waals surface area contributed by atoms with Crippen molar-refractivity contribution in [2.75, 3.05) is 23.7 Å². The van der Waals surface area contributed by atoms with Crippen molar-refractivity contribution in [3.63, 3.8) is 0 Å². The van der Waals surface area contributed by atoms with Gasteiger partial charge in [0.25, 0.3) is 0 Å². The van der Waals surface area contributed by atoms with Crippen LogP contribution in [0.2, 0.25) is 15.1 Å². The van der Waals surface area contributed by atoms with Gasteiger partial charge in [0.05, 0.1) is 27.0 Å². The van der Waals surface area contributed by atoms with E-state index in [-0.39, 0.29) is 33.7 Å². The van der Waals surface area contributed by atoms with E-state index >= 15 is 0 Å². The van der Waals surface area contributed by atoms with Crippen LogP contribution in [-0.4, -0.2) is 50.5 Å². The number of carbonyl (C=O) groups excluding carboxylic acids is 2. The maximum atomic E-state index is 14.0. The van der Waals surface area contributed by atoms with E-state index in [1.165, 1.54) is 41.3 Å². The van der Waals surface area contributed by atoms with Crippen LogP contribution in [0.1, 0.15) is 30.9 Å². The Morgan fingerprint density at radius 2 is 1.56 bits per heavy atom. The van der Waals surface area contributed by atoms with Crippen molar-refractivity contribution in [1.29, 1.82) is 0 Å². The van der Waals surface area contributed by atoms with Crippen LogP contribution in [-0.2, 0) is 32.6 Å². The van der Waals surface area contributed by atoms with E-state index in [0.29, 0.717) is 12.1 Å². The number of amides is 2. The molecule has 12 heteroatoms. The van der Waals surface area contributed by atoms with Crippen molar-refractivity contribution in [1.82, 2.24) is 10.2 Å². The summed E-state index contributed by atoms with van der Waals surface area (Å²) in [6, 6.07) is 16.2. The normalized spacial score (nSPS) is 12.0. The summed E-state index contributed by atoms with van der Waals surface area (Å²) < 4.78 is 40.3. The number of benzene rings is 3. The molecule has 0 saturated heterocycles. The first-order valence-corrected chi connectivity index (χ1v) is 15.9. The van der Waals surface area contributed by atoms with Crippen LogP contribution in [0.4, 0.5) is 10.1 Å². The van der Waals surface area contributed by atoms with Gasteiger partial charge in [-0.15, -0.1) is 0 Å². The van der Waals surface area contributed by atoms with E-state index < -0.39 is 40.2 Å². The summed E-state index contributed by atoms with van der Waals surface area (Å²) in [7, 11) is -4.05. The molecule has 0 radical (unpaired) electrons. The number of hydrogen-bond donors (Lipinski definition) is 1. The van der Waals surface area contributed by atoms with Gasteiger partial charge in [0, 0.05) is 19.5 Å². The highest BCUT2D eigenvalue weighted by Gasteiger charge is 2.33. The van der Waals surface area contributed by atoms with Crippen molar-refractivity contribution >= 4 is 62.3 Å². The average molecular weight is 643 g/mol. The van der Waals surface area contributed by atoms with Crippen molar-refractivity contribution in [3.8, 4) is 0 Å². The predicted molar refractivity (Wildman–Crippen MR) is 162 cm³/mol. The Kier molecular flexibility index (Phi) is 11.8. The maximum absolute atomic E-state index is 14.0. The summed E-state index contributed by atoms with van der Waals surface area (Å²) in [4.78, 5) is 28.9. The maximum Gasteiger partial charge on any atom is 0.244 e. The quantitative estimate of drug-likeness (QED) is 0.180. The lowest BCUT2D eigenvalue weighted by Gasteiger charge is -2.33. The van der Waals surface area contributed by atoms with Crippen molar-refractivity contribution in [3.05, 3.63) is 98.7 Å². The van der Waals surface area contributed by atoms with Crippen LogP contribution in [0.5, 0.6) is 0 Å². The summed E-state index contributed by atoms with van der Waals surface area (Å²) in [6.07, 6.45) is 2.70. The van der Waals surface area contributed by atoms with Crippen LogP contribution in [0.25, 0.3) is 0 Å². The first-order valence-electron chi connectivity index (χ1n) is 12.9. The van der Waals surface area contributed by atoms with Crippen LogP contribution in [0.15, 0.2) is 66.7 Å². The summed E-state index contributed by atoms with van der Waals surface area (Å²) in [5, 5.41) is 3.03. The van der Waals surface area contributed by atoms with Gasteiger partial charge < -0.3 is 10.2 Å². The fraction of sp³-hybridized carbons (Fsp3) is 0.310. The minimum Gasteiger partial charge on any atom is -0.354 e. The molecule has 3 aromatic rings. The highest BCUT2D eigenvalue weighted by atomic mass is 35.5. The zero-order valence-electron chi connectivity index (χ0n) is 22.6. The van der Waals surface area contributed by atoms with E-state index in [2.05, 4.69) is 5.32 Å². The summed E-state index contributed by atoms with van der Waals surface area (Å²) in [6.45, 7) is 1.65. The van der Waals surface area contributed by atoms with Gasteiger partial charge in [-0.1, -0.05) is 90.6 Å². The zero-order valence-corrected chi connectivity index (χ0v) is 25.7. The zero-order chi connectivity index (χ0) is 30.2. The number of nitrogens with one attached hydrogen (secondary N) is 1. The molecule has 0 aliphatic heterocycles. The Morgan fingerprint density at radius 1 is 0.927 bits per heavy atom. The van der Waals surface area contributed by atoms with Gasteiger partial charge in [-0.05, 0) is 41.8 Å². The minimum absolute atomic E-state index is 0.0270. The lowest BCUT2D eigenvalue weighted by molar-refractivity contribution is -0.140. The Morgan fingerprint density at radius 3 is 2.17 bits per heavy atom. The monoisotopic (exact) mass is 641 g/mol. The van der Waals surface area contributed by atoms with Crippen molar-refractivity contribution < 1.29 is 22.4 Å². The van der Waals surface area contributed by atoms with Crippen LogP contribution in [0.3, 0.4) is 0 Å². The molecule has 3 rings (SSSR count). The van der Waals surface area contributed by atoms with Gasteiger partial charge in [-0.2, -0.15) is 0 Å². The number of unbranched alkanes of at least 4 members (excludes halogenated alkanes) is 1.